The van der Waals surface area contributed by atoms with E-state index in [9.17, 15) is 9.18 Å². The molecule has 0 aromatic heterocycles. The fourth-order valence-corrected chi connectivity index (χ4v) is 2.79. The number of carboxylic acid groups (broad SMARTS) is 1. The molecule has 0 atom stereocenters. The Morgan fingerprint density at radius 3 is 2.70 bits per heavy atom. The van der Waals surface area contributed by atoms with Gasteiger partial charge in [-0.1, -0.05) is 32.1 Å². The maximum Gasteiger partial charge on any atom is 0.338 e. The molecule has 1 aromatic carbocycles. The van der Waals surface area contributed by atoms with E-state index in [1.807, 2.05) is 0 Å². The molecule has 1 fully saturated rings. The average molecular weight is 280 g/mol. The van der Waals surface area contributed by atoms with E-state index in [0.29, 0.717) is 5.69 Å². The van der Waals surface area contributed by atoms with Crippen molar-refractivity contribution in [2.45, 2.75) is 38.5 Å². The molecule has 0 heterocycles. The van der Waals surface area contributed by atoms with Gasteiger partial charge in [0.05, 0.1) is 16.9 Å². The maximum atomic E-state index is 13.6. The van der Waals surface area contributed by atoms with Crippen LogP contribution in [0.3, 0.4) is 0 Å². The van der Waals surface area contributed by atoms with E-state index in [1.54, 1.807) is 0 Å². The van der Waals surface area contributed by atoms with Crippen LogP contribution in [0, 0.1) is 11.7 Å². The molecule has 4 N–H and O–H groups in total. The Kier molecular flexibility index (Phi) is 4.82. The zero-order valence-electron chi connectivity index (χ0n) is 11.5. The lowest BCUT2D eigenvalue weighted by Gasteiger charge is -2.22. The van der Waals surface area contributed by atoms with E-state index in [1.165, 1.54) is 44.2 Å². The summed E-state index contributed by atoms with van der Waals surface area (Å²) in [7, 11) is 0. The van der Waals surface area contributed by atoms with Crippen LogP contribution in [0.4, 0.5) is 15.8 Å². The molecule has 0 saturated heterocycles. The minimum absolute atomic E-state index is 0.271. The lowest BCUT2D eigenvalue weighted by atomic mass is 9.87. The van der Waals surface area contributed by atoms with E-state index in [4.69, 9.17) is 10.8 Å². The van der Waals surface area contributed by atoms with Gasteiger partial charge in [-0.2, -0.15) is 0 Å². The van der Waals surface area contributed by atoms with Crippen LogP contribution in [0.15, 0.2) is 12.1 Å². The lowest BCUT2D eigenvalue weighted by molar-refractivity contribution is 0.0692. The molecule has 1 aliphatic rings. The highest BCUT2D eigenvalue weighted by Crippen LogP contribution is 2.27. The summed E-state index contributed by atoms with van der Waals surface area (Å²) in [6, 6.07) is 2.33. The Hall–Kier alpha value is -1.78. The first-order chi connectivity index (χ1) is 9.58. The first-order valence-corrected chi connectivity index (χ1v) is 7.14. The van der Waals surface area contributed by atoms with Crippen molar-refractivity contribution in [3.63, 3.8) is 0 Å². The molecule has 0 spiro atoms. The molecule has 4 nitrogen and oxygen atoms in total. The smallest absolute Gasteiger partial charge is 0.338 e. The summed E-state index contributed by atoms with van der Waals surface area (Å²) < 4.78 is 13.6. The molecule has 0 bridgehead atoms. The van der Waals surface area contributed by atoms with Crippen molar-refractivity contribution >= 4 is 17.3 Å². The van der Waals surface area contributed by atoms with Crippen molar-refractivity contribution in [3.8, 4) is 0 Å². The number of benzene rings is 1. The Morgan fingerprint density at radius 2 is 2.05 bits per heavy atom. The molecule has 2 rings (SSSR count). The summed E-state index contributed by atoms with van der Waals surface area (Å²) in [6.07, 6.45) is 7.51. The first kappa shape index (κ1) is 14.6. The second-order valence-corrected chi connectivity index (χ2v) is 5.44. The van der Waals surface area contributed by atoms with Crippen molar-refractivity contribution in [2.24, 2.45) is 5.92 Å². The predicted molar refractivity (Wildman–Crippen MR) is 77.5 cm³/mol. The second kappa shape index (κ2) is 6.59. The van der Waals surface area contributed by atoms with Gasteiger partial charge in [-0.05, 0) is 24.5 Å². The number of carboxylic acids is 1. The standard InChI is InChI=1S/C15H21FN2O2/c16-12-9-14(13(17)8-11(12)15(19)20)18-7-6-10-4-2-1-3-5-10/h8-10,18H,1-7,17H2,(H,19,20). The van der Waals surface area contributed by atoms with E-state index >= 15 is 0 Å². The molecule has 0 radical (unpaired) electrons. The molecule has 0 unspecified atom stereocenters. The van der Waals surface area contributed by atoms with E-state index in [-0.39, 0.29) is 11.3 Å². The van der Waals surface area contributed by atoms with Gasteiger partial charge in [0.2, 0.25) is 0 Å². The molecular weight excluding hydrogens is 259 g/mol. The summed E-state index contributed by atoms with van der Waals surface area (Å²) in [5, 5.41) is 11.9. The number of hydrogen-bond acceptors (Lipinski definition) is 3. The molecule has 1 saturated carbocycles. The summed E-state index contributed by atoms with van der Waals surface area (Å²) in [6.45, 7) is 0.737. The quantitative estimate of drug-likeness (QED) is 0.722. The van der Waals surface area contributed by atoms with Gasteiger partial charge in [0.15, 0.2) is 0 Å². The van der Waals surface area contributed by atoms with Gasteiger partial charge in [0.25, 0.3) is 0 Å². The molecule has 0 aliphatic heterocycles. The van der Waals surface area contributed by atoms with Crippen molar-refractivity contribution in [1.29, 1.82) is 0 Å². The monoisotopic (exact) mass is 280 g/mol. The second-order valence-electron chi connectivity index (χ2n) is 5.44. The van der Waals surface area contributed by atoms with Crippen LogP contribution in [-0.2, 0) is 0 Å². The highest BCUT2D eigenvalue weighted by atomic mass is 19.1. The number of nitrogens with one attached hydrogen (secondary N) is 1. The molecule has 5 heteroatoms. The van der Waals surface area contributed by atoms with E-state index < -0.39 is 11.8 Å². The number of hydrogen-bond donors (Lipinski definition) is 3. The molecule has 110 valence electrons. The van der Waals surface area contributed by atoms with Gasteiger partial charge in [-0.25, -0.2) is 9.18 Å². The van der Waals surface area contributed by atoms with Crippen molar-refractivity contribution in [2.75, 3.05) is 17.6 Å². The van der Waals surface area contributed by atoms with Crippen molar-refractivity contribution < 1.29 is 14.3 Å². The number of halogens is 1. The van der Waals surface area contributed by atoms with E-state index in [0.717, 1.165) is 18.9 Å². The fraction of sp³-hybridized carbons (Fsp3) is 0.533. The first-order valence-electron chi connectivity index (χ1n) is 7.14. The number of aromatic carboxylic acids is 1. The third-order valence-electron chi connectivity index (χ3n) is 3.96. The van der Waals surface area contributed by atoms with E-state index in [2.05, 4.69) is 5.32 Å². The van der Waals surface area contributed by atoms with Crippen molar-refractivity contribution in [3.05, 3.63) is 23.5 Å². The van der Waals surface area contributed by atoms with Crippen LogP contribution in [0.1, 0.15) is 48.9 Å². The maximum absolute atomic E-state index is 13.6. The Morgan fingerprint density at radius 1 is 1.35 bits per heavy atom. The fourth-order valence-electron chi connectivity index (χ4n) is 2.79. The van der Waals surface area contributed by atoms with Gasteiger partial charge in [-0.3, -0.25) is 0 Å². The Bertz CT molecular complexity index is 485. The zero-order chi connectivity index (χ0) is 14.5. The summed E-state index contributed by atoms with van der Waals surface area (Å²) in [4.78, 5) is 10.8. The van der Waals surface area contributed by atoms with Gasteiger partial charge < -0.3 is 16.2 Å². The topological polar surface area (TPSA) is 75.4 Å². The number of rotatable bonds is 5. The number of nitrogens with two attached hydrogens (primary N) is 1. The number of nitrogen functional groups attached to an aromatic ring is 1. The Labute approximate surface area is 118 Å². The van der Waals surface area contributed by atoms with Gasteiger partial charge >= 0.3 is 5.97 Å². The molecule has 1 aromatic rings. The molecule has 0 amide bonds. The van der Waals surface area contributed by atoms with Crippen LogP contribution in [0.25, 0.3) is 0 Å². The van der Waals surface area contributed by atoms with Gasteiger partial charge in [-0.15, -0.1) is 0 Å². The SMILES string of the molecule is Nc1cc(C(=O)O)c(F)cc1NCCC1CCCCC1. The third kappa shape index (κ3) is 3.62. The van der Waals surface area contributed by atoms with Crippen LogP contribution in [-0.4, -0.2) is 17.6 Å². The van der Waals surface area contributed by atoms with Crippen LogP contribution < -0.4 is 11.1 Å². The Balaban J connectivity index is 1.92. The molecule has 20 heavy (non-hydrogen) atoms. The average Bonchev–Trinajstić information content (AvgIpc) is 2.43. The highest BCUT2D eigenvalue weighted by molar-refractivity contribution is 5.90. The summed E-state index contributed by atoms with van der Waals surface area (Å²) >= 11 is 0. The minimum atomic E-state index is -1.30. The molecular formula is C15H21FN2O2. The van der Waals surface area contributed by atoms with Crippen LogP contribution in [0.2, 0.25) is 0 Å². The lowest BCUT2D eigenvalue weighted by Crippen LogP contribution is -2.13. The van der Waals surface area contributed by atoms with Crippen LogP contribution >= 0.6 is 0 Å². The largest absolute Gasteiger partial charge is 0.478 e. The van der Waals surface area contributed by atoms with Gasteiger partial charge in [0, 0.05) is 6.54 Å². The summed E-state index contributed by atoms with van der Waals surface area (Å²) in [5.74, 6) is -1.32. The number of carbonyl (C=O) groups is 1. The highest BCUT2D eigenvalue weighted by Gasteiger charge is 2.15. The minimum Gasteiger partial charge on any atom is -0.478 e. The van der Waals surface area contributed by atoms with Gasteiger partial charge in [0.1, 0.15) is 5.82 Å². The third-order valence-corrected chi connectivity index (χ3v) is 3.96. The van der Waals surface area contributed by atoms with Crippen molar-refractivity contribution in [1.82, 2.24) is 0 Å². The summed E-state index contributed by atoms with van der Waals surface area (Å²) in [5.41, 5.74) is 6.11. The number of anilines is 2. The zero-order valence-corrected chi connectivity index (χ0v) is 11.5. The molecule has 1 aliphatic carbocycles. The normalized spacial score (nSPS) is 16.1. The van der Waals surface area contributed by atoms with Crippen LogP contribution in [0.5, 0.6) is 0 Å². The predicted octanol–water partition coefficient (Wildman–Crippen LogP) is 3.49.